The summed E-state index contributed by atoms with van der Waals surface area (Å²) in [6, 6.07) is 34.0. The van der Waals surface area contributed by atoms with Crippen LogP contribution in [0.1, 0.15) is 22.3 Å². The van der Waals surface area contributed by atoms with Crippen LogP contribution in [-0.2, 0) is 0 Å². The van der Waals surface area contributed by atoms with Gasteiger partial charge in [-0.15, -0.1) is 0 Å². The molecule has 194 valence electrons. The molecule has 0 radical (unpaired) electrons. The van der Waals surface area contributed by atoms with Crippen molar-refractivity contribution < 1.29 is 9.47 Å². The zero-order valence-corrected chi connectivity index (χ0v) is 22.6. The Morgan fingerprint density at radius 3 is 1.73 bits per heavy atom. The van der Waals surface area contributed by atoms with E-state index in [4.69, 9.17) is 16.0 Å². The van der Waals surface area contributed by atoms with Gasteiger partial charge in [-0.25, -0.2) is 4.85 Å². The van der Waals surface area contributed by atoms with Crippen LogP contribution in [0.4, 0.5) is 22.7 Å². The molecule has 40 heavy (non-hydrogen) atoms. The van der Waals surface area contributed by atoms with Crippen molar-refractivity contribution in [2.75, 3.05) is 19.1 Å². The maximum Gasteiger partial charge on any atom is 0.194 e. The summed E-state index contributed by atoms with van der Waals surface area (Å²) in [5.41, 5.74) is 7.00. The second kappa shape index (κ2) is 11.5. The van der Waals surface area contributed by atoms with Crippen molar-refractivity contribution in [2.24, 2.45) is 0 Å². The van der Waals surface area contributed by atoms with E-state index in [-0.39, 0.29) is 0 Å². The van der Waals surface area contributed by atoms with E-state index >= 15 is 0 Å². The fourth-order valence-corrected chi connectivity index (χ4v) is 4.79. The molecule has 5 nitrogen and oxygen atoms in total. The number of anilines is 3. The first kappa shape index (κ1) is 26.1. The Morgan fingerprint density at radius 2 is 1.23 bits per heavy atom. The summed E-state index contributed by atoms with van der Waals surface area (Å²) in [7, 11) is 3.32. The third kappa shape index (κ3) is 5.10. The van der Waals surface area contributed by atoms with Crippen LogP contribution in [0.25, 0.3) is 27.8 Å². The summed E-state index contributed by atoms with van der Waals surface area (Å²) >= 11 is 0. The van der Waals surface area contributed by atoms with Gasteiger partial charge < -0.3 is 14.4 Å². The fraction of sp³-hybridized carbons (Fsp3) is 0.0857. The molecule has 5 rings (SSSR count). The van der Waals surface area contributed by atoms with Gasteiger partial charge in [-0.2, -0.15) is 5.26 Å². The summed E-state index contributed by atoms with van der Waals surface area (Å²) in [5, 5.41) is 11.4. The molecule has 0 atom stereocenters. The number of rotatable bonds is 7. The summed E-state index contributed by atoms with van der Waals surface area (Å²) in [5.74, 6) is 1.59. The van der Waals surface area contributed by atoms with Gasteiger partial charge in [0.25, 0.3) is 0 Å². The molecule has 0 heterocycles. The first-order chi connectivity index (χ1) is 19.6. The van der Waals surface area contributed by atoms with E-state index in [1.165, 1.54) is 0 Å². The summed E-state index contributed by atoms with van der Waals surface area (Å²) in [6.07, 6.45) is 4.01. The lowest BCUT2D eigenvalue weighted by atomic mass is 9.95. The van der Waals surface area contributed by atoms with Crippen LogP contribution < -0.4 is 14.4 Å². The van der Waals surface area contributed by atoms with Gasteiger partial charge in [0.05, 0.1) is 32.4 Å². The zero-order chi connectivity index (χ0) is 28.1. The Morgan fingerprint density at radius 1 is 0.700 bits per heavy atom. The maximum absolute atomic E-state index is 9.43. The molecule has 0 amide bonds. The fourth-order valence-electron chi connectivity index (χ4n) is 4.79. The van der Waals surface area contributed by atoms with E-state index in [0.717, 1.165) is 56.0 Å². The molecule has 0 aromatic heterocycles. The molecular weight excluding hydrogens is 494 g/mol. The highest BCUT2D eigenvalue weighted by Gasteiger charge is 2.13. The smallest absolute Gasteiger partial charge is 0.194 e. The molecule has 0 N–H and O–H groups in total. The van der Waals surface area contributed by atoms with Crippen LogP contribution in [0, 0.1) is 24.8 Å². The Balaban J connectivity index is 1.51. The van der Waals surface area contributed by atoms with E-state index < -0.39 is 0 Å². The van der Waals surface area contributed by atoms with Gasteiger partial charge in [-0.3, -0.25) is 0 Å². The van der Waals surface area contributed by atoms with Gasteiger partial charge >= 0.3 is 0 Å². The number of nitrogens with zero attached hydrogens (tertiary/aromatic N) is 3. The molecular formula is C35H27N3O2. The molecule has 0 fully saturated rings. The van der Waals surface area contributed by atoms with Crippen molar-refractivity contribution in [3.63, 3.8) is 0 Å². The van der Waals surface area contributed by atoms with Crippen LogP contribution in [0.2, 0.25) is 0 Å². The molecule has 0 aliphatic heterocycles. The molecule has 0 spiro atoms. The third-order valence-corrected chi connectivity index (χ3v) is 6.98. The minimum Gasteiger partial charge on any atom is -0.497 e. The predicted octanol–water partition coefficient (Wildman–Crippen LogP) is 9.23. The number of benzene rings is 5. The first-order valence-corrected chi connectivity index (χ1v) is 12.8. The van der Waals surface area contributed by atoms with E-state index in [9.17, 15) is 5.26 Å². The molecule has 0 bridgehead atoms. The molecule has 0 unspecified atom stereocenters. The monoisotopic (exact) mass is 521 g/mol. The van der Waals surface area contributed by atoms with E-state index in [2.05, 4.69) is 40.1 Å². The molecule has 0 aliphatic carbocycles. The molecule has 0 aliphatic rings. The van der Waals surface area contributed by atoms with Crippen molar-refractivity contribution in [3.05, 3.63) is 131 Å². The van der Waals surface area contributed by atoms with Crippen LogP contribution in [-0.4, -0.2) is 14.2 Å². The first-order valence-electron chi connectivity index (χ1n) is 12.8. The lowest BCUT2D eigenvalue weighted by molar-refractivity contribution is 0.415. The van der Waals surface area contributed by atoms with Gasteiger partial charge in [0, 0.05) is 17.1 Å². The van der Waals surface area contributed by atoms with Crippen LogP contribution in [0.5, 0.6) is 11.5 Å². The molecule has 0 saturated heterocycles. The minimum absolute atomic E-state index is 0.578. The van der Waals surface area contributed by atoms with Crippen molar-refractivity contribution in [1.82, 2.24) is 0 Å². The number of aryl methyl sites for hydroxylation is 1. The quantitative estimate of drug-likeness (QED) is 0.158. The second-order valence-electron chi connectivity index (χ2n) is 9.21. The highest BCUT2D eigenvalue weighted by Crippen LogP contribution is 2.37. The van der Waals surface area contributed by atoms with Crippen LogP contribution in [0.3, 0.4) is 0 Å². The van der Waals surface area contributed by atoms with Gasteiger partial charge in [-0.05, 0) is 101 Å². The van der Waals surface area contributed by atoms with Crippen LogP contribution in [0.15, 0.2) is 97.1 Å². The van der Waals surface area contributed by atoms with E-state index in [0.29, 0.717) is 11.3 Å². The molecule has 5 heteroatoms. The van der Waals surface area contributed by atoms with Gasteiger partial charge in [0.2, 0.25) is 0 Å². The standard InChI is InChI=1S/C35H27N3O2/c1-24-26(23-36)8-20-33-32(24)21-22-35(37-2)34(33)19-7-25-5-9-27(10-6-25)38(28-11-15-30(39-3)16-12-28)29-13-17-31(40-4)18-14-29/h5-22H,1,3-4H3. The summed E-state index contributed by atoms with van der Waals surface area (Å²) in [6.45, 7) is 9.63. The Labute approximate surface area is 234 Å². The maximum atomic E-state index is 9.43. The largest absolute Gasteiger partial charge is 0.497 e. The molecule has 5 aromatic carbocycles. The number of ether oxygens (including phenoxy) is 2. The SMILES string of the molecule is [C-]#[N+]c1ccc2c(C)c(C#N)ccc2c1C=Cc1ccc(N(c2ccc(OC)cc2)c2ccc(OC)cc2)cc1. The predicted molar refractivity (Wildman–Crippen MR) is 163 cm³/mol. The number of methoxy groups -OCH3 is 2. The average Bonchev–Trinajstić information content (AvgIpc) is 3.01. The highest BCUT2D eigenvalue weighted by atomic mass is 16.5. The number of fused-ring (bicyclic) bond motifs is 1. The third-order valence-electron chi connectivity index (χ3n) is 6.98. The molecule has 5 aromatic rings. The van der Waals surface area contributed by atoms with Gasteiger partial charge in [0.1, 0.15) is 11.5 Å². The van der Waals surface area contributed by atoms with Crippen LogP contribution >= 0.6 is 0 Å². The lowest BCUT2D eigenvalue weighted by Crippen LogP contribution is -2.09. The topological polar surface area (TPSA) is 49.9 Å². The van der Waals surface area contributed by atoms with E-state index in [1.807, 2.05) is 91.9 Å². The Kier molecular flexibility index (Phi) is 7.49. The summed E-state index contributed by atoms with van der Waals surface area (Å²) < 4.78 is 10.7. The van der Waals surface area contributed by atoms with Crippen molar-refractivity contribution in [2.45, 2.75) is 6.92 Å². The number of hydrogen-bond acceptors (Lipinski definition) is 4. The molecule has 0 saturated carbocycles. The Bertz CT molecular complexity index is 1730. The van der Waals surface area contributed by atoms with E-state index in [1.54, 1.807) is 14.2 Å². The Hall–Kier alpha value is -5.52. The van der Waals surface area contributed by atoms with Crippen molar-refractivity contribution in [1.29, 1.82) is 5.26 Å². The second-order valence-corrected chi connectivity index (χ2v) is 9.21. The lowest BCUT2D eigenvalue weighted by Gasteiger charge is -2.26. The zero-order valence-electron chi connectivity index (χ0n) is 22.6. The normalized spacial score (nSPS) is 10.7. The average molecular weight is 522 g/mol. The van der Waals surface area contributed by atoms with Gasteiger partial charge in [-0.1, -0.05) is 42.5 Å². The van der Waals surface area contributed by atoms with Crippen molar-refractivity contribution >= 4 is 45.7 Å². The number of nitriles is 1. The number of hydrogen-bond donors (Lipinski definition) is 0. The summed E-state index contributed by atoms with van der Waals surface area (Å²) in [4.78, 5) is 5.91. The minimum atomic E-state index is 0.578. The van der Waals surface area contributed by atoms with Crippen molar-refractivity contribution in [3.8, 4) is 17.6 Å². The highest BCUT2D eigenvalue weighted by molar-refractivity contribution is 6.00. The van der Waals surface area contributed by atoms with Gasteiger partial charge in [0.15, 0.2) is 5.69 Å².